The summed E-state index contributed by atoms with van der Waals surface area (Å²) in [6.45, 7) is 2.69. The van der Waals surface area contributed by atoms with E-state index in [4.69, 9.17) is 9.84 Å². The van der Waals surface area contributed by atoms with Crippen molar-refractivity contribution in [3.63, 3.8) is 0 Å². The predicted molar refractivity (Wildman–Crippen MR) is 84.4 cm³/mol. The van der Waals surface area contributed by atoms with Crippen LogP contribution in [0.3, 0.4) is 0 Å². The van der Waals surface area contributed by atoms with E-state index in [2.05, 4.69) is 0 Å². The van der Waals surface area contributed by atoms with Crippen LogP contribution in [-0.2, 0) is 9.53 Å². The first-order chi connectivity index (χ1) is 11.0. The quantitative estimate of drug-likeness (QED) is 0.935. The summed E-state index contributed by atoms with van der Waals surface area (Å²) in [5.41, 5.74) is 0.634. The van der Waals surface area contributed by atoms with Crippen molar-refractivity contribution in [1.82, 2.24) is 4.90 Å². The third kappa shape index (κ3) is 3.07. The van der Waals surface area contributed by atoms with Gasteiger partial charge in [-0.2, -0.15) is 0 Å². The van der Waals surface area contributed by atoms with E-state index in [0.717, 1.165) is 4.70 Å². The number of aliphatic carboxylic acids is 1. The maximum atomic E-state index is 14.0. The van der Waals surface area contributed by atoms with Gasteiger partial charge in [-0.1, -0.05) is 6.07 Å². The van der Waals surface area contributed by atoms with E-state index in [1.54, 1.807) is 24.0 Å². The number of fused-ring (bicyclic) bond motifs is 1. The molecule has 1 unspecified atom stereocenters. The van der Waals surface area contributed by atoms with E-state index in [9.17, 15) is 14.0 Å². The Balaban J connectivity index is 1.87. The van der Waals surface area contributed by atoms with E-state index >= 15 is 0 Å². The fourth-order valence-electron chi connectivity index (χ4n) is 2.82. The predicted octanol–water partition coefficient (Wildman–Crippen LogP) is 2.66. The highest BCUT2D eigenvalue weighted by atomic mass is 32.1. The van der Waals surface area contributed by atoms with Gasteiger partial charge in [0, 0.05) is 23.2 Å². The number of rotatable bonds is 3. The van der Waals surface area contributed by atoms with Gasteiger partial charge in [-0.3, -0.25) is 9.59 Å². The molecule has 1 aliphatic rings. The van der Waals surface area contributed by atoms with Crippen LogP contribution in [0.5, 0.6) is 0 Å². The van der Waals surface area contributed by atoms with Crippen LogP contribution in [0.1, 0.15) is 21.7 Å². The molecule has 1 atom stereocenters. The molecule has 1 aromatic heterocycles. The minimum absolute atomic E-state index is 0.135. The molecule has 0 saturated carbocycles. The molecule has 0 aliphatic carbocycles. The second-order valence-electron chi connectivity index (χ2n) is 5.51. The van der Waals surface area contributed by atoms with Crippen LogP contribution in [0, 0.1) is 12.7 Å². The lowest BCUT2D eigenvalue weighted by Crippen LogP contribution is -2.46. The first-order valence-corrected chi connectivity index (χ1v) is 8.09. The molecule has 1 fully saturated rings. The lowest BCUT2D eigenvalue weighted by Gasteiger charge is -2.32. The highest BCUT2D eigenvalue weighted by Crippen LogP contribution is 2.33. The number of benzene rings is 1. The third-order valence-corrected chi connectivity index (χ3v) is 5.17. The summed E-state index contributed by atoms with van der Waals surface area (Å²) in [6.07, 6.45) is -0.638. The molecule has 0 radical (unpaired) electrons. The van der Waals surface area contributed by atoms with Crippen LogP contribution in [0.15, 0.2) is 18.2 Å². The number of carbonyl (C=O) groups excluding carboxylic acids is 1. The van der Waals surface area contributed by atoms with Gasteiger partial charge in [0.15, 0.2) is 0 Å². The molecule has 122 valence electrons. The zero-order chi connectivity index (χ0) is 16.6. The number of hydrogen-bond acceptors (Lipinski definition) is 4. The van der Waals surface area contributed by atoms with Crippen LogP contribution >= 0.6 is 11.3 Å². The monoisotopic (exact) mass is 337 g/mol. The molecule has 2 aromatic rings. The first kappa shape index (κ1) is 15.9. The number of nitrogens with zero attached hydrogens (tertiary/aromatic N) is 1. The van der Waals surface area contributed by atoms with E-state index in [-0.39, 0.29) is 24.7 Å². The van der Waals surface area contributed by atoms with Gasteiger partial charge in [0.05, 0.1) is 24.0 Å². The van der Waals surface area contributed by atoms with Gasteiger partial charge < -0.3 is 14.7 Å². The number of carboxylic acids is 1. The SMILES string of the molecule is Cc1c(C(=O)N2CCOC(CC(=O)O)C2)sc2cccc(F)c12. The van der Waals surface area contributed by atoms with Gasteiger partial charge in [0.25, 0.3) is 5.91 Å². The molecule has 1 saturated heterocycles. The number of halogens is 1. The summed E-state index contributed by atoms with van der Waals surface area (Å²) in [4.78, 5) is 25.6. The van der Waals surface area contributed by atoms with Crippen molar-refractivity contribution >= 4 is 33.3 Å². The molecule has 3 rings (SSSR count). The largest absolute Gasteiger partial charge is 0.481 e. The fraction of sp³-hybridized carbons (Fsp3) is 0.375. The third-order valence-electron chi connectivity index (χ3n) is 3.93. The highest BCUT2D eigenvalue weighted by molar-refractivity contribution is 7.21. The topological polar surface area (TPSA) is 66.8 Å². The molecule has 23 heavy (non-hydrogen) atoms. The Bertz CT molecular complexity index is 773. The minimum Gasteiger partial charge on any atom is -0.481 e. The number of morpholine rings is 1. The molecule has 5 nitrogen and oxygen atoms in total. The summed E-state index contributed by atoms with van der Waals surface area (Å²) in [7, 11) is 0. The normalized spacial score (nSPS) is 18.3. The smallest absolute Gasteiger partial charge is 0.306 e. The van der Waals surface area contributed by atoms with Gasteiger partial charge in [0.1, 0.15) is 5.82 Å². The van der Waals surface area contributed by atoms with Crippen LogP contribution < -0.4 is 0 Å². The summed E-state index contributed by atoms with van der Waals surface area (Å²) in [5.74, 6) is -1.48. The second kappa shape index (κ2) is 6.25. The number of thiophene rings is 1. The van der Waals surface area contributed by atoms with Crippen molar-refractivity contribution in [3.8, 4) is 0 Å². The highest BCUT2D eigenvalue weighted by Gasteiger charge is 2.29. The van der Waals surface area contributed by atoms with Gasteiger partial charge in [0.2, 0.25) is 0 Å². The van der Waals surface area contributed by atoms with E-state index in [1.807, 2.05) is 0 Å². The molecule has 0 spiro atoms. The zero-order valence-corrected chi connectivity index (χ0v) is 13.4. The van der Waals surface area contributed by atoms with Crippen LogP contribution in [0.4, 0.5) is 4.39 Å². The van der Waals surface area contributed by atoms with Crippen molar-refractivity contribution in [1.29, 1.82) is 0 Å². The molecule has 2 heterocycles. The summed E-state index contributed by atoms with van der Waals surface area (Å²) in [6, 6.07) is 4.80. The Morgan fingerprint density at radius 2 is 2.26 bits per heavy atom. The van der Waals surface area contributed by atoms with E-state index in [0.29, 0.717) is 29.0 Å². The fourth-order valence-corrected chi connectivity index (χ4v) is 4.01. The number of hydrogen-bond donors (Lipinski definition) is 1. The average molecular weight is 337 g/mol. The lowest BCUT2D eigenvalue weighted by atomic mass is 10.1. The molecule has 1 N–H and O–H groups in total. The summed E-state index contributed by atoms with van der Waals surface area (Å²) >= 11 is 1.27. The van der Waals surface area contributed by atoms with Crippen molar-refractivity contribution in [2.45, 2.75) is 19.4 Å². The van der Waals surface area contributed by atoms with Crippen molar-refractivity contribution in [3.05, 3.63) is 34.5 Å². The maximum Gasteiger partial charge on any atom is 0.306 e. The summed E-state index contributed by atoms with van der Waals surface area (Å²) in [5, 5.41) is 9.34. The van der Waals surface area contributed by atoms with E-state index in [1.165, 1.54) is 17.4 Å². The first-order valence-electron chi connectivity index (χ1n) is 7.27. The van der Waals surface area contributed by atoms with Crippen LogP contribution in [-0.4, -0.2) is 47.7 Å². The van der Waals surface area contributed by atoms with Crippen molar-refractivity contribution in [2.75, 3.05) is 19.7 Å². The van der Waals surface area contributed by atoms with Gasteiger partial charge in [-0.05, 0) is 24.6 Å². The summed E-state index contributed by atoms with van der Waals surface area (Å²) < 4.78 is 20.1. The van der Waals surface area contributed by atoms with Crippen LogP contribution in [0.25, 0.3) is 10.1 Å². The number of carbonyl (C=O) groups is 2. The van der Waals surface area contributed by atoms with Crippen LogP contribution in [0.2, 0.25) is 0 Å². The second-order valence-corrected chi connectivity index (χ2v) is 6.56. The molecule has 1 amide bonds. The van der Waals surface area contributed by atoms with Gasteiger partial charge in [-0.25, -0.2) is 4.39 Å². The minimum atomic E-state index is -0.954. The molecule has 7 heteroatoms. The van der Waals surface area contributed by atoms with Crippen molar-refractivity contribution < 1.29 is 23.8 Å². The standard InChI is InChI=1S/C16H16FNO4S/c1-9-14-11(17)3-2-4-12(14)23-15(9)16(21)18-5-6-22-10(8-18)7-13(19)20/h2-4,10H,5-8H2,1H3,(H,19,20). The Morgan fingerprint density at radius 3 is 2.96 bits per heavy atom. The Labute approximate surface area is 136 Å². The maximum absolute atomic E-state index is 14.0. The molecule has 1 aromatic carbocycles. The Hall–Kier alpha value is -1.99. The Morgan fingerprint density at radius 1 is 1.48 bits per heavy atom. The lowest BCUT2D eigenvalue weighted by molar-refractivity contribution is -0.141. The molecule has 1 aliphatic heterocycles. The van der Waals surface area contributed by atoms with E-state index < -0.39 is 12.1 Å². The average Bonchev–Trinajstić information content (AvgIpc) is 2.84. The van der Waals surface area contributed by atoms with Gasteiger partial charge >= 0.3 is 5.97 Å². The molecular weight excluding hydrogens is 321 g/mol. The Kier molecular flexibility index (Phi) is 4.32. The number of amides is 1. The molecule has 0 bridgehead atoms. The van der Waals surface area contributed by atoms with Crippen molar-refractivity contribution in [2.24, 2.45) is 0 Å². The number of ether oxygens (including phenoxy) is 1. The van der Waals surface area contributed by atoms with Gasteiger partial charge in [-0.15, -0.1) is 11.3 Å². The number of aryl methyl sites for hydroxylation is 1. The number of carboxylic acid groups (broad SMARTS) is 1. The zero-order valence-electron chi connectivity index (χ0n) is 12.5. The molecular formula is C16H16FNO4S.